The number of nitrogens with one attached hydrogen (secondary N) is 1. The maximum Gasteiger partial charge on any atom is 0.265 e. The Kier molecular flexibility index (Phi) is 8.42. The summed E-state index contributed by atoms with van der Waals surface area (Å²) in [5.41, 5.74) is 2.57. The van der Waals surface area contributed by atoms with Crippen LogP contribution >= 0.6 is 0 Å². The fraction of sp³-hybridized carbons (Fsp3) is 0.533. The first-order valence-corrected chi connectivity index (χ1v) is 7.09. The van der Waals surface area contributed by atoms with Crippen LogP contribution in [0.25, 0.3) is 0 Å². The van der Waals surface area contributed by atoms with Gasteiger partial charge in [-0.3, -0.25) is 10.2 Å². The lowest BCUT2D eigenvalue weighted by Gasteiger charge is -2.08. The SMILES string of the molecule is CCCCCCOCCOc1cccc(C(=O)NN)c1. The third kappa shape index (κ3) is 6.54. The second-order valence-electron chi connectivity index (χ2n) is 4.52. The van der Waals surface area contributed by atoms with Crippen LogP contribution in [0.15, 0.2) is 24.3 Å². The van der Waals surface area contributed by atoms with E-state index in [-0.39, 0.29) is 5.91 Å². The van der Waals surface area contributed by atoms with Crippen LogP contribution in [0.3, 0.4) is 0 Å². The molecule has 20 heavy (non-hydrogen) atoms. The van der Waals surface area contributed by atoms with Gasteiger partial charge in [-0.1, -0.05) is 32.3 Å². The summed E-state index contributed by atoms with van der Waals surface area (Å²) in [5.74, 6) is 5.39. The molecule has 112 valence electrons. The van der Waals surface area contributed by atoms with Gasteiger partial charge in [0.25, 0.3) is 5.91 Å². The highest BCUT2D eigenvalue weighted by atomic mass is 16.5. The first kappa shape index (κ1) is 16.5. The van der Waals surface area contributed by atoms with Crippen LogP contribution in [0.1, 0.15) is 43.0 Å². The number of amides is 1. The number of hydrogen-bond acceptors (Lipinski definition) is 4. The van der Waals surface area contributed by atoms with E-state index < -0.39 is 0 Å². The van der Waals surface area contributed by atoms with Gasteiger partial charge in [-0.05, 0) is 24.6 Å². The van der Waals surface area contributed by atoms with Crippen molar-refractivity contribution in [2.24, 2.45) is 5.84 Å². The zero-order valence-electron chi connectivity index (χ0n) is 12.1. The van der Waals surface area contributed by atoms with E-state index >= 15 is 0 Å². The van der Waals surface area contributed by atoms with E-state index in [1.165, 1.54) is 19.3 Å². The second-order valence-corrected chi connectivity index (χ2v) is 4.52. The molecule has 0 saturated carbocycles. The molecule has 1 rings (SSSR count). The Morgan fingerprint density at radius 2 is 2.05 bits per heavy atom. The van der Waals surface area contributed by atoms with Crippen LogP contribution in [0, 0.1) is 0 Å². The average molecular weight is 280 g/mol. The predicted molar refractivity (Wildman–Crippen MR) is 78.6 cm³/mol. The first-order valence-electron chi connectivity index (χ1n) is 7.09. The number of hydrazine groups is 1. The van der Waals surface area contributed by atoms with Gasteiger partial charge in [0.2, 0.25) is 0 Å². The molecular formula is C15H24N2O3. The number of rotatable bonds is 10. The number of nitrogen functional groups attached to an aromatic ring is 1. The summed E-state index contributed by atoms with van der Waals surface area (Å²) in [4.78, 5) is 11.4. The van der Waals surface area contributed by atoms with Crippen molar-refractivity contribution in [2.75, 3.05) is 19.8 Å². The quantitative estimate of drug-likeness (QED) is 0.298. The molecule has 3 N–H and O–H groups in total. The first-order chi connectivity index (χ1) is 9.77. The minimum Gasteiger partial charge on any atom is -0.491 e. The molecule has 0 spiro atoms. The normalized spacial score (nSPS) is 10.3. The molecule has 0 radical (unpaired) electrons. The molecule has 0 unspecified atom stereocenters. The Labute approximate surface area is 120 Å². The van der Waals surface area contributed by atoms with Crippen molar-refractivity contribution >= 4 is 5.91 Å². The van der Waals surface area contributed by atoms with Gasteiger partial charge >= 0.3 is 0 Å². The monoisotopic (exact) mass is 280 g/mol. The molecule has 5 heteroatoms. The van der Waals surface area contributed by atoms with Gasteiger partial charge in [-0.25, -0.2) is 5.84 Å². The van der Waals surface area contributed by atoms with Crippen LogP contribution in [-0.2, 0) is 4.74 Å². The zero-order chi connectivity index (χ0) is 14.6. The van der Waals surface area contributed by atoms with Gasteiger partial charge in [0.1, 0.15) is 12.4 Å². The topological polar surface area (TPSA) is 73.6 Å². The molecule has 0 heterocycles. The number of carbonyl (C=O) groups excluding carboxylic acids is 1. The molecule has 1 aromatic carbocycles. The molecule has 0 aromatic heterocycles. The van der Waals surface area contributed by atoms with E-state index in [2.05, 4.69) is 12.3 Å². The van der Waals surface area contributed by atoms with E-state index in [1.807, 2.05) is 0 Å². The van der Waals surface area contributed by atoms with Crippen LogP contribution < -0.4 is 16.0 Å². The second kappa shape index (κ2) is 10.2. The van der Waals surface area contributed by atoms with Gasteiger partial charge in [-0.2, -0.15) is 0 Å². The molecule has 0 bridgehead atoms. The number of hydrogen-bond donors (Lipinski definition) is 2. The number of ether oxygens (including phenoxy) is 2. The highest BCUT2D eigenvalue weighted by Crippen LogP contribution is 2.13. The lowest BCUT2D eigenvalue weighted by atomic mass is 10.2. The zero-order valence-corrected chi connectivity index (χ0v) is 12.1. The Morgan fingerprint density at radius 3 is 2.80 bits per heavy atom. The summed E-state index contributed by atoms with van der Waals surface area (Å²) in [6.45, 7) is 3.99. The number of unbranched alkanes of at least 4 members (excludes halogenated alkanes) is 3. The van der Waals surface area contributed by atoms with Crippen LogP contribution in [0.4, 0.5) is 0 Å². The maximum atomic E-state index is 11.4. The summed E-state index contributed by atoms with van der Waals surface area (Å²) in [7, 11) is 0. The van der Waals surface area contributed by atoms with Gasteiger partial charge in [0, 0.05) is 12.2 Å². The van der Waals surface area contributed by atoms with E-state index in [0.717, 1.165) is 13.0 Å². The minimum absolute atomic E-state index is 0.331. The smallest absolute Gasteiger partial charge is 0.265 e. The molecule has 0 atom stereocenters. The van der Waals surface area contributed by atoms with Crippen molar-refractivity contribution < 1.29 is 14.3 Å². The predicted octanol–water partition coefficient (Wildman–Crippen LogP) is 2.27. The Balaban J connectivity index is 2.17. The molecule has 5 nitrogen and oxygen atoms in total. The van der Waals surface area contributed by atoms with Crippen molar-refractivity contribution in [1.82, 2.24) is 5.43 Å². The fourth-order valence-electron chi connectivity index (χ4n) is 1.76. The molecule has 0 aliphatic rings. The lowest BCUT2D eigenvalue weighted by molar-refractivity contribution is 0.0947. The Hall–Kier alpha value is -1.59. The van der Waals surface area contributed by atoms with Gasteiger partial charge in [-0.15, -0.1) is 0 Å². The Morgan fingerprint density at radius 1 is 1.20 bits per heavy atom. The highest BCUT2D eigenvalue weighted by Gasteiger charge is 2.04. The summed E-state index contributed by atoms with van der Waals surface area (Å²) in [5, 5.41) is 0. The number of nitrogens with two attached hydrogens (primary N) is 1. The molecule has 0 fully saturated rings. The molecule has 0 aliphatic carbocycles. The van der Waals surface area contributed by atoms with Gasteiger partial charge in [0.05, 0.1) is 6.61 Å². The summed E-state index contributed by atoms with van der Waals surface area (Å²) in [6, 6.07) is 6.89. The fourth-order valence-corrected chi connectivity index (χ4v) is 1.76. The van der Waals surface area contributed by atoms with Crippen molar-refractivity contribution in [2.45, 2.75) is 32.6 Å². The van der Waals surface area contributed by atoms with Gasteiger partial charge < -0.3 is 9.47 Å². The average Bonchev–Trinajstić information content (AvgIpc) is 2.49. The van der Waals surface area contributed by atoms with Crippen LogP contribution in [-0.4, -0.2) is 25.7 Å². The molecule has 1 amide bonds. The van der Waals surface area contributed by atoms with Crippen molar-refractivity contribution in [3.05, 3.63) is 29.8 Å². The third-order valence-electron chi connectivity index (χ3n) is 2.87. The van der Waals surface area contributed by atoms with E-state index in [9.17, 15) is 4.79 Å². The largest absolute Gasteiger partial charge is 0.491 e. The van der Waals surface area contributed by atoms with E-state index in [0.29, 0.717) is 24.5 Å². The summed E-state index contributed by atoms with van der Waals surface area (Å²) in [6.07, 6.45) is 4.80. The standard InChI is InChI=1S/C15H24N2O3/c1-2-3-4-5-9-19-10-11-20-14-8-6-7-13(12-14)15(18)17-16/h6-8,12H,2-5,9-11,16H2,1H3,(H,17,18). The molecular weight excluding hydrogens is 256 g/mol. The summed E-state index contributed by atoms with van der Waals surface area (Å²) >= 11 is 0. The van der Waals surface area contributed by atoms with E-state index in [4.69, 9.17) is 15.3 Å². The van der Waals surface area contributed by atoms with E-state index in [1.54, 1.807) is 24.3 Å². The van der Waals surface area contributed by atoms with Crippen LogP contribution in [0.5, 0.6) is 5.75 Å². The van der Waals surface area contributed by atoms with Crippen LogP contribution in [0.2, 0.25) is 0 Å². The van der Waals surface area contributed by atoms with Crippen molar-refractivity contribution in [3.8, 4) is 5.75 Å². The maximum absolute atomic E-state index is 11.4. The van der Waals surface area contributed by atoms with Crippen molar-refractivity contribution in [1.29, 1.82) is 0 Å². The lowest BCUT2D eigenvalue weighted by Crippen LogP contribution is -2.29. The summed E-state index contributed by atoms with van der Waals surface area (Å²) < 4.78 is 11.0. The number of carbonyl (C=O) groups is 1. The minimum atomic E-state index is -0.331. The molecule has 1 aromatic rings. The third-order valence-corrected chi connectivity index (χ3v) is 2.87. The van der Waals surface area contributed by atoms with Gasteiger partial charge in [0.15, 0.2) is 0 Å². The van der Waals surface area contributed by atoms with Crippen molar-refractivity contribution in [3.63, 3.8) is 0 Å². The number of benzene rings is 1. The molecule has 0 aliphatic heterocycles. The Bertz CT molecular complexity index is 396. The highest BCUT2D eigenvalue weighted by molar-refractivity contribution is 5.94. The molecule has 0 saturated heterocycles.